The zero-order valence-electron chi connectivity index (χ0n) is 16.1. The lowest BCUT2D eigenvalue weighted by molar-refractivity contribution is 0.539. The number of hydrogen-bond acceptors (Lipinski definition) is 0. The van der Waals surface area contributed by atoms with Gasteiger partial charge in [-0.05, 0) is 68.1 Å². The summed E-state index contributed by atoms with van der Waals surface area (Å²) in [5, 5.41) is 6.87. The summed E-state index contributed by atoms with van der Waals surface area (Å²) in [6.07, 6.45) is 8.58. The molecular weight excluding hydrogens is 336 g/mol. The fraction of sp³-hybridized carbons (Fsp3) is 0.143. The molecule has 0 radical (unpaired) electrons. The van der Waals surface area contributed by atoms with E-state index in [-0.39, 0.29) is 0 Å². The fourth-order valence-electron chi connectivity index (χ4n) is 5.00. The van der Waals surface area contributed by atoms with Crippen LogP contribution in [0.3, 0.4) is 0 Å². The van der Waals surface area contributed by atoms with Crippen LogP contribution in [0.25, 0.3) is 38.7 Å². The van der Waals surface area contributed by atoms with Gasteiger partial charge in [0, 0.05) is 0 Å². The summed E-state index contributed by atoms with van der Waals surface area (Å²) in [5.74, 6) is 0.956. The van der Waals surface area contributed by atoms with Crippen molar-refractivity contribution in [1.29, 1.82) is 0 Å². The van der Waals surface area contributed by atoms with Crippen LogP contribution in [-0.2, 0) is 0 Å². The Balaban J connectivity index is 1.87. The molecule has 28 heavy (non-hydrogen) atoms. The average Bonchev–Trinajstić information content (AvgIpc) is 2.74. The van der Waals surface area contributed by atoms with Crippen LogP contribution in [0.15, 0.2) is 92.0 Å². The van der Waals surface area contributed by atoms with Gasteiger partial charge in [0.1, 0.15) is 0 Å². The number of allylic oxidation sites excluding steroid dienone is 2. The minimum atomic E-state index is 0.471. The van der Waals surface area contributed by atoms with E-state index in [1.54, 1.807) is 0 Å². The predicted molar refractivity (Wildman–Crippen MR) is 122 cm³/mol. The standard InChI is InChI=1S/C28H24/c1-3-8-21-18-22-13-12-20-14-15-24(19-10-6-5-7-11-19)26-17-16-25(23(21)9-4-2)28(22)27(20)26/h3-7,10-18,21,23H,1-2,8-9H2. The van der Waals surface area contributed by atoms with E-state index in [0.717, 1.165) is 12.8 Å². The van der Waals surface area contributed by atoms with E-state index in [1.165, 1.54) is 43.5 Å². The minimum absolute atomic E-state index is 0.471. The van der Waals surface area contributed by atoms with Crippen LogP contribution in [0.2, 0.25) is 0 Å². The van der Waals surface area contributed by atoms with Gasteiger partial charge in [-0.25, -0.2) is 0 Å². The van der Waals surface area contributed by atoms with E-state index < -0.39 is 0 Å². The van der Waals surface area contributed by atoms with Crippen molar-refractivity contribution in [3.05, 3.63) is 103 Å². The third kappa shape index (κ3) is 2.52. The van der Waals surface area contributed by atoms with Crippen molar-refractivity contribution in [2.45, 2.75) is 18.8 Å². The maximum Gasteiger partial charge on any atom is -0.00238 e. The molecule has 0 nitrogen and oxygen atoms in total. The lowest BCUT2D eigenvalue weighted by Gasteiger charge is -2.29. The van der Waals surface area contributed by atoms with Gasteiger partial charge in [-0.2, -0.15) is 0 Å². The molecule has 0 heteroatoms. The van der Waals surface area contributed by atoms with Crippen molar-refractivity contribution in [3.8, 4) is 11.1 Å². The fourth-order valence-corrected chi connectivity index (χ4v) is 5.00. The summed E-state index contributed by atoms with van der Waals surface area (Å²) in [4.78, 5) is 0. The lowest BCUT2D eigenvalue weighted by atomic mass is 9.74. The SMILES string of the molecule is C=CCC1C=c2ccc3ccc(-c4ccccc4)c4ccc(c2c34)C1CC=C. The quantitative estimate of drug-likeness (QED) is 0.335. The molecular formula is C28H24. The van der Waals surface area contributed by atoms with Gasteiger partial charge in [-0.3, -0.25) is 0 Å². The monoisotopic (exact) mass is 360 g/mol. The summed E-state index contributed by atoms with van der Waals surface area (Å²) in [6.45, 7) is 8.02. The smallest absolute Gasteiger partial charge is 0.00238 e. The lowest BCUT2D eigenvalue weighted by Crippen LogP contribution is -2.21. The molecule has 136 valence electrons. The maximum absolute atomic E-state index is 4.03. The van der Waals surface area contributed by atoms with Gasteiger partial charge in [0.25, 0.3) is 0 Å². The molecule has 2 unspecified atom stereocenters. The Labute approximate surface area is 166 Å². The first kappa shape index (κ1) is 17.0. The van der Waals surface area contributed by atoms with Gasteiger partial charge >= 0.3 is 0 Å². The van der Waals surface area contributed by atoms with Crippen molar-refractivity contribution in [1.82, 2.24) is 0 Å². The molecule has 2 atom stereocenters. The molecule has 0 saturated carbocycles. The Morgan fingerprint density at radius 2 is 1.54 bits per heavy atom. The summed E-state index contributed by atoms with van der Waals surface area (Å²) in [7, 11) is 0. The molecule has 0 fully saturated rings. The molecule has 4 aromatic rings. The molecule has 4 aromatic carbocycles. The second-order valence-corrected chi connectivity index (χ2v) is 7.80. The highest BCUT2D eigenvalue weighted by molar-refractivity contribution is 6.16. The highest BCUT2D eigenvalue weighted by Gasteiger charge is 2.26. The van der Waals surface area contributed by atoms with Crippen LogP contribution < -0.4 is 5.22 Å². The van der Waals surface area contributed by atoms with Gasteiger partial charge in [0.15, 0.2) is 0 Å². The second-order valence-electron chi connectivity index (χ2n) is 7.80. The summed E-state index contributed by atoms with van der Waals surface area (Å²) >= 11 is 0. The van der Waals surface area contributed by atoms with Crippen LogP contribution >= 0.6 is 0 Å². The molecule has 0 heterocycles. The minimum Gasteiger partial charge on any atom is -0.103 e. The topological polar surface area (TPSA) is 0 Å². The van der Waals surface area contributed by atoms with Crippen LogP contribution in [0.1, 0.15) is 24.3 Å². The summed E-state index contributed by atoms with van der Waals surface area (Å²) in [5.41, 5.74) is 4.05. The van der Waals surface area contributed by atoms with E-state index in [4.69, 9.17) is 0 Å². The zero-order valence-corrected chi connectivity index (χ0v) is 16.1. The van der Waals surface area contributed by atoms with E-state index in [2.05, 4.69) is 98.1 Å². The van der Waals surface area contributed by atoms with E-state index in [1.807, 2.05) is 0 Å². The first-order valence-corrected chi connectivity index (χ1v) is 10.1. The van der Waals surface area contributed by atoms with E-state index in [0.29, 0.717) is 11.8 Å². The van der Waals surface area contributed by atoms with Crippen molar-refractivity contribution >= 4 is 27.6 Å². The van der Waals surface area contributed by atoms with Crippen LogP contribution in [0.4, 0.5) is 0 Å². The van der Waals surface area contributed by atoms with E-state index in [9.17, 15) is 0 Å². The molecule has 0 aliphatic heterocycles. The third-order valence-corrected chi connectivity index (χ3v) is 6.23. The number of benzene rings is 4. The van der Waals surface area contributed by atoms with Gasteiger partial charge < -0.3 is 0 Å². The first-order valence-electron chi connectivity index (χ1n) is 10.1. The Morgan fingerprint density at radius 3 is 2.32 bits per heavy atom. The molecule has 0 spiro atoms. The molecule has 0 saturated heterocycles. The molecule has 0 amide bonds. The average molecular weight is 361 g/mol. The van der Waals surface area contributed by atoms with Crippen molar-refractivity contribution in [2.75, 3.05) is 0 Å². The second kappa shape index (κ2) is 6.80. The Kier molecular flexibility index (Phi) is 4.13. The van der Waals surface area contributed by atoms with Gasteiger partial charge in [-0.15, -0.1) is 13.2 Å². The van der Waals surface area contributed by atoms with Gasteiger partial charge in [0.2, 0.25) is 0 Å². The summed E-state index contributed by atoms with van der Waals surface area (Å²) < 4.78 is 0. The third-order valence-electron chi connectivity index (χ3n) is 6.23. The highest BCUT2D eigenvalue weighted by Crippen LogP contribution is 2.42. The van der Waals surface area contributed by atoms with E-state index >= 15 is 0 Å². The molecule has 1 aliphatic carbocycles. The highest BCUT2D eigenvalue weighted by atomic mass is 14.3. The van der Waals surface area contributed by atoms with Crippen molar-refractivity contribution < 1.29 is 0 Å². The molecule has 0 aromatic heterocycles. The first-order chi connectivity index (χ1) is 13.8. The number of rotatable bonds is 5. The van der Waals surface area contributed by atoms with Crippen molar-refractivity contribution in [2.24, 2.45) is 5.92 Å². The summed E-state index contributed by atoms with van der Waals surface area (Å²) in [6, 6.07) is 24.5. The van der Waals surface area contributed by atoms with Crippen LogP contribution in [0, 0.1) is 5.92 Å². The Hall–Kier alpha value is -3.12. The number of hydrogen-bond donors (Lipinski definition) is 0. The predicted octanol–water partition coefficient (Wildman–Crippen LogP) is 7.03. The molecule has 0 bridgehead atoms. The van der Waals surface area contributed by atoms with Gasteiger partial charge in [0.05, 0.1) is 0 Å². The maximum atomic E-state index is 4.03. The largest absolute Gasteiger partial charge is 0.103 e. The van der Waals surface area contributed by atoms with Crippen LogP contribution in [0.5, 0.6) is 0 Å². The van der Waals surface area contributed by atoms with Crippen molar-refractivity contribution in [3.63, 3.8) is 0 Å². The molecule has 0 N–H and O–H groups in total. The Bertz CT molecular complexity index is 1240. The van der Waals surface area contributed by atoms with Crippen LogP contribution in [-0.4, -0.2) is 0 Å². The zero-order chi connectivity index (χ0) is 19.1. The van der Waals surface area contributed by atoms with Gasteiger partial charge in [-0.1, -0.05) is 85.0 Å². The Morgan fingerprint density at radius 1 is 0.750 bits per heavy atom. The normalized spacial score (nSPS) is 18.1. The molecule has 5 rings (SSSR count). The molecule has 1 aliphatic rings.